The smallest absolute Gasteiger partial charge is 0.191 e. The van der Waals surface area contributed by atoms with Crippen molar-refractivity contribution in [2.45, 2.75) is 26.9 Å². The summed E-state index contributed by atoms with van der Waals surface area (Å²) in [6.45, 7) is 5.61. The number of aliphatic imine (C=N–C) groups is 1. The number of nitrogens with one attached hydrogen (secondary N) is 2. The monoisotopic (exact) mass is 327 g/mol. The highest BCUT2D eigenvalue weighted by molar-refractivity contribution is 7.10. The summed E-state index contributed by atoms with van der Waals surface area (Å²) in [6.07, 6.45) is 0. The lowest BCUT2D eigenvalue weighted by atomic mass is 10.1. The molecule has 0 atom stereocenters. The number of thiophene rings is 1. The van der Waals surface area contributed by atoms with Gasteiger partial charge in [-0.1, -0.05) is 18.2 Å². The van der Waals surface area contributed by atoms with E-state index in [1.165, 1.54) is 21.4 Å². The first-order valence-corrected chi connectivity index (χ1v) is 8.51. The number of furan rings is 1. The van der Waals surface area contributed by atoms with E-state index in [0.717, 1.165) is 23.8 Å². The number of hydrogen-bond donors (Lipinski definition) is 2. The average Bonchev–Trinajstić information content (AvgIpc) is 3.12. The summed E-state index contributed by atoms with van der Waals surface area (Å²) in [4.78, 5) is 5.60. The van der Waals surface area contributed by atoms with Crippen LogP contribution in [0.25, 0.3) is 11.0 Å². The minimum Gasteiger partial charge on any atom is -0.459 e. The summed E-state index contributed by atoms with van der Waals surface area (Å²) in [6, 6.07) is 10.2. The van der Waals surface area contributed by atoms with Crippen molar-refractivity contribution in [2.24, 2.45) is 4.99 Å². The molecule has 0 saturated carbocycles. The molecular formula is C18H21N3OS. The summed E-state index contributed by atoms with van der Waals surface area (Å²) in [5, 5.41) is 9.94. The fourth-order valence-corrected chi connectivity index (χ4v) is 3.37. The zero-order chi connectivity index (χ0) is 16.2. The van der Waals surface area contributed by atoms with Crippen LogP contribution in [-0.2, 0) is 13.1 Å². The predicted octanol–water partition coefficient (Wildman–Crippen LogP) is 3.98. The molecule has 2 heterocycles. The van der Waals surface area contributed by atoms with Crippen molar-refractivity contribution >= 4 is 28.3 Å². The molecule has 5 heteroatoms. The molecule has 0 spiro atoms. The van der Waals surface area contributed by atoms with Crippen LogP contribution in [-0.4, -0.2) is 13.0 Å². The Bertz CT molecular complexity index is 832. The summed E-state index contributed by atoms with van der Waals surface area (Å²) < 4.78 is 5.92. The van der Waals surface area contributed by atoms with E-state index in [9.17, 15) is 0 Å². The maximum absolute atomic E-state index is 5.92. The van der Waals surface area contributed by atoms with Crippen LogP contribution in [0.3, 0.4) is 0 Å². The second-order valence-corrected chi connectivity index (χ2v) is 6.45. The Hall–Kier alpha value is -2.27. The Labute approximate surface area is 140 Å². The van der Waals surface area contributed by atoms with Gasteiger partial charge in [0.05, 0.1) is 13.1 Å². The number of para-hydroxylation sites is 1. The molecule has 1 aromatic carbocycles. The Balaban J connectivity index is 1.63. The number of fused-ring (bicyclic) bond motifs is 1. The molecule has 0 aliphatic rings. The molecule has 0 saturated heterocycles. The summed E-state index contributed by atoms with van der Waals surface area (Å²) in [5.74, 6) is 1.72. The van der Waals surface area contributed by atoms with E-state index < -0.39 is 0 Å². The van der Waals surface area contributed by atoms with Crippen molar-refractivity contribution in [2.75, 3.05) is 7.05 Å². The molecule has 0 radical (unpaired) electrons. The molecule has 3 rings (SSSR count). The van der Waals surface area contributed by atoms with Crippen molar-refractivity contribution in [3.63, 3.8) is 0 Å². The molecule has 0 amide bonds. The van der Waals surface area contributed by atoms with E-state index >= 15 is 0 Å². The quantitative estimate of drug-likeness (QED) is 0.563. The predicted molar refractivity (Wildman–Crippen MR) is 97.0 cm³/mol. The van der Waals surface area contributed by atoms with E-state index in [1.54, 1.807) is 18.4 Å². The molecule has 3 aromatic rings. The van der Waals surface area contributed by atoms with Gasteiger partial charge in [-0.05, 0) is 36.9 Å². The van der Waals surface area contributed by atoms with Crippen LogP contribution in [0.15, 0.2) is 45.1 Å². The lowest BCUT2D eigenvalue weighted by Crippen LogP contribution is -2.36. The maximum Gasteiger partial charge on any atom is 0.191 e. The van der Waals surface area contributed by atoms with Crippen molar-refractivity contribution in [1.29, 1.82) is 0 Å². The molecule has 2 N–H and O–H groups in total. The fraction of sp³-hybridized carbons (Fsp3) is 0.278. The van der Waals surface area contributed by atoms with Gasteiger partial charge in [0.15, 0.2) is 5.96 Å². The zero-order valence-corrected chi connectivity index (χ0v) is 14.5. The number of aryl methyl sites for hydroxylation is 2. The number of rotatable bonds is 4. The Kier molecular flexibility index (Phi) is 4.67. The Morgan fingerprint density at radius 2 is 1.91 bits per heavy atom. The van der Waals surface area contributed by atoms with E-state index in [-0.39, 0.29) is 0 Å². The van der Waals surface area contributed by atoms with E-state index in [1.807, 2.05) is 18.2 Å². The van der Waals surface area contributed by atoms with Crippen LogP contribution >= 0.6 is 11.3 Å². The van der Waals surface area contributed by atoms with Crippen molar-refractivity contribution < 1.29 is 4.42 Å². The average molecular weight is 327 g/mol. The van der Waals surface area contributed by atoms with Crippen LogP contribution < -0.4 is 10.6 Å². The summed E-state index contributed by atoms with van der Waals surface area (Å²) in [7, 11) is 1.78. The van der Waals surface area contributed by atoms with Gasteiger partial charge in [-0.25, -0.2) is 0 Å². The molecular weight excluding hydrogens is 306 g/mol. The van der Waals surface area contributed by atoms with Gasteiger partial charge >= 0.3 is 0 Å². The molecule has 0 aliphatic carbocycles. The third-order valence-electron chi connectivity index (χ3n) is 3.97. The fourth-order valence-electron chi connectivity index (χ4n) is 2.53. The van der Waals surface area contributed by atoms with Crippen molar-refractivity contribution in [3.8, 4) is 0 Å². The minimum absolute atomic E-state index is 0.615. The topological polar surface area (TPSA) is 49.6 Å². The highest BCUT2D eigenvalue weighted by atomic mass is 32.1. The van der Waals surface area contributed by atoms with E-state index in [4.69, 9.17) is 4.42 Å². The Morgan fingerprint density at radius 1 is 1.13 bits per heavy atom. The van der Waals surface area contributed by atoms with Crippen molar-refractivity contribution in [3.05, 3.63) is 57.5 Å². The van der Waals surface area contributed by atoms with Crippen molar-refractivity contribution in [1.82, 2.24) is 10.6 Å². The van der Waals surface area contributed by atoms with Crippen LogP contribution in [0, 0.1) is 13.8 Å². The van der Waals surface area contributed by atoms with Crippen LogP contribution in [0.2, 0.25) is 0 Å². The van der Waals surface area contributed by atoms with Crippen LogP contribution in [0.1, 0.15) is 21.8 Å². The van der Waals surface area contributed by atoms with Gasteiger partial charge in [-0.3, -0.25) is 4.99 Å². The van der Waals surface area contributed by atoms with Crippen LogP contribution in [0.4, 0.5) is 0 Å². The van der Waals surface area contributed by atoms with Gasteiger partial charge in [0.2, 0.25) is 0 Å². The zero-order valence-electron chi connectivity index (χ0n) is 13.6. The number of hydrogen-bond acceptors (Lipinski definition) is 3. The van der Waals surface area contributed by atoms with Crippen LogP contribution in [0.5, 0.6) is 0 Å². The van der Waals surface area contributed by atoms with E-state index in [2.05, 4.69) is 47.0 Å². The van der Waals surface area contributed by atoms with Gasteiger partial charge in [0.1, 0.15) is 11.3 Å². The third-order valence-corrected chi connectivity index (χ3v) is 4.99. The first kappa shape index (κ1) is 15.6. The van der Waals surface area contributed by atoms with Gasteiger partial charge in [0, 0.05) is 22.9 Å². The molecule has 120 valence electrons. The lowest BCUT2D eigenvalue weighted by molar-refractivity contribution is 0.534. The number of benzene rings is 1. The highest BCUT2D eigenvalue weighted by Crippen LogP contribution is 2.24. The molecule has 0 aliphatic heterocycles. The molecule has 0 bridgehead atoms. The number of nitrogens with zero attached hydrogens (tertiary/aromatic N) is 1. The van der Waals surface area contributed by atoms with Gasteiger partial charge in [-0.15, -0.1) is 11.3 Å². The Morgan fingerprint density at radius 3 is 2.61 bits per heavy atom. The first-order valence-electron chi connectivity index (χ1n) is 7.63. The standard InChI is InChI=1S/C18H21N3OS/c1-12-8-9-23-17(12)11-21-18(19-3)20-10-16-13(2)14-6-4-5-7-15(14)22-16/h4-9H,10-11H2,1-3H3,(H2,19,20,21). The molecule has 0 fully saturated rings. The van der Waals surface area contributed by atoms with E-state index in [0.29, 0.717) is 6.54 Å². The molecule has 23 heavy (non-hydrogen) atoms. The number of guanidine groups is 1. The maximum atomic E-state index is 5.92. The van der Waals surface area contributed by atoms with Gasteiger partial charge in [0.25, 0.3) is 0 Å². The first-order chi connectivity index (χ1) is 11.2. The molecule has 2 aromatic heterocycles. The SMILES string of the molecule is CN=C(NCc1oc2ccccc2c1C)NCc1sccc1C. The largest absolute Gasteiger partial charge is 0.459 e. The molecule has 0 unspecified atom stereocenters. The normalized spacial score (nSPS) is 11.9. The van der Waals surface area contributed by atoms with Gasteiger partial charge < -0.3 is 15.1 Å². The second-order valence-electron chi connectivity index (χ2n) is 5.45. The summed E-state index contributed by atoms with van der Waals surface area (Å²) in [5.41, 5.74) is 3.42. The highest BCUT2D eigenvalue weighted by Gasteiger charge is 2.10. The lowest BCUT2D eigenvalue weighted by Gasteiger charge is -2.11. The summed E-state index contributed by atoms with van der Waals surface area (Å²) >= 11 is 1.76. The molecule has 4 nitrogen and oxygen atoms in total. The third kappa shape index (κ3) is 3.40. The second kappa shape index (κ2) is 6.87. The minimum atomic E-state index is 0.615. The van der Waals surface area contributed by atoms with Gasteiger partial charge in [-0.2, -0.15) is 0 Å².